The van der Waals surface area contributed by atoms with Crippen LogP contribution in [0, 0.1) is 27.7 Å². The van der Waals surface area contributed by atoms with Gasteiger partial charge in [-0.2, -0.15) is 0 Å². The third-order valence-electron chi connectivity index (χ3n) is 6.41. The number of hydrogen-bond donors (Lipinski definition) is 1. The van der Waals surface area contributed by atoms with Crippen molar-refractivity contribution in [1.82, 2.24) is 5.32 Å². The van der Waals surface area contributed by atoms with E-state index >= 15 is 0 Å². The Morgan fingerprint density at radius 1 is 0.578 bits per heavy atom. The zero-order valence-electron chi connectivity index (χ0n) is 32.7. The zero-order valence-corrected chi connectivity index (χ0v) is 39.4. The molecule has 0 heterocycles. The summed E-state index contributed by atoms with van der Waals surface area (Å²) >= 11 is 3.41. The van der Waals surface area contributed by atoms with Crippen LogP contribution < -0.4 is 61.6 Å². The predicted octanol–water partition coefficient (Wildman–Crippen LogP) is 9.99. The molecule has 0 saturated heterocycles. The summed E-state index contributed by atoms with van der Waals surface area (Å²) in [7, 11) is -2.21. The maximum Gasteiger partial charge on any atom is 1.00 e. The first kappa shape index (κ1) is 50.1. The molecule has 3 nitrogen and oxygen atoms in total. The fraction of sp³-hybridized carbons (Fsp3) is 0.684. The molecule has 0 aliphatic heterocycles. The molecule has 45 heavy (non-hydrogen) atoms. The van der Waals surface area contributed by atoms with Gasteiger partial charge < -0.3 is 14.9 Å². The predicted molar refractivity (Wildman–Crippen MR) is 214 cm³/mol. The molecule has 0 amide bonds. The van der Waals surface area contributed by atoms with Crippen LogP contribution in [0.15, 0.2) is 40.9 Å². The second-order valence-electron chi connectivity index (χ2n) is 14.3. The molecular weight excluding hydrogens is 674 g/mol. The van der Waals surface area contributed by atoms with E-state index < -0.39 is 16.5 Å². The van der Waals surface area contributed by atoms with E-state index in [-0.39, 0.29) is 51.4 Å². The minimum absolute atomic E-state index is 0. The van der Waals surface area contributed by atoms with E-state index in [0.29, 0.717) is 0 Å². The Balaban J connectivity index is -0.000000547. The van der Waals surface area contributed by atoms with E-state index in [1.165, 1.54) is 110 Å². The molecule has 0 spiro atoms. The van der Waals surface area contributed by atoms with Crippen LogP contribution in [0.1, 0.15) is 101 Å². The van der Waals surface area contributed by atoms with Crippen LogP contribution in [0.25, 0.3) is 4.65 Å². The van der Waals surface area contributed by atoms with Crippen molar-refractivity contribution in [2.45, 2.75) is 146 Å². The van der Waals surface area contributed by atoms with Crippen molar-refractivity contribution in [2.24, 2.45) is 0 Å². The summed E-state index contributed by atoms with van der Waals surface area (Å²) in [6, 6.07) is 13.3. The van der Waals surface area contributed by atoms with Gasteiger partial charge in [0.2, 0.25) is 0 Å². The van der Waals surface area contributed by atoms with Gasteiger partial charge in [-0.1, -0.05) is 137 Å². The molecular formula is C38H73BrKN3Si2. The maximum absolute atomic E-state index is 4.82. The molecule has 0 fully saturated rings. The van der Waals surface area contributed by atoms with Crippen molar-refractivity contribution < 1.29 is 51.4 Å². The van der Waals surface area contributed by atoms with E-state index in [0.717, 1.165) is 0 Å². The summed E-state index contributed by atoms with van der Waals surface area (Å²) < 4.78 is 5.99. The van der Waals surface area contributed by atoms with Gasteiger partial charge in [-0.3, -0.25) is 0 Å². The molecule has 2 rings (SSSR count). The van der Waals surface area contributed by atoms with Crippen molar-refractivity contribution in [3.8, 4) is 0 Å². The van der Waals surface area contributed by atoms with E-state index in [9.17, 15) is 0 Å². The van der Waals surface area contributed by atoms with Gasteiger partial charge in [0, 0.05) is 23.2 Å². The van der Waals surface area contributed by atoms with Crippen LogP contribution in [-0.2, 0) is 0 Å². The number of unbranched alkanes of at least 4 members (excludes halogenated alkanes) is 4. The summed E-state index contributed by atoms with van der Waals surface area (Å²) in [4.78, 5) is 2.55. The van der Waals surface area contributed by atoms with Crippen molar-refractivity contribution in [2.75, 3.05) is 31.1 Å². The van der Waals surface area contributed by atoms with Gasteiger partial charge in [0.1, 0.15) is 0 Å². The third-order valence-corrected chi connectivity index (χ3v) is 12.2. The Bertz CT molecular complexity index is 878. The average Bonchev–Trinajstić information content (AvgIpc) is 2.86. The molecule has 1 N–H and O–H groups in total. The van der Waals surface area contributed by atoms with Crippen molar-refractivity contribution in [3.63, 3.8) is 0 Å². The summed E-state index contributed by atoms with van der Waals surface area (Å²) in [6.07, 6.45) is 10.4. The van der Waals surface area contributed by atoms with E-state index in [4.69, 9.17) is 4.65 Å². The first-order valence-corrected chi connectivity index (χ1v) is 25.2. The van der Waals surface area contributed by atoms with E-state index in [2.05, 4.69) is 157 Å². The van der Waals surface area contributed by atoms with Crippen molar-refractivity contribution >= 4 is 38.1 Å². The number of halogens is 1. The van der Waals surface area contributed by atoms with Crippen LogP contribution in [-0.4, -0.2) is 42.6 Å². The van der Waals surface area contributed by atoms with Gasteiger partial charge in [-0.15, -0.1) is 0 Å². The minimum Gasteiger partial charge on any atom is -0.668 e. The molecule has 0 unspecified atom stereocenters. The SMILES string of the molecule is CCCCN(CCCC)c1cc(C)cc(C)c1.CCCCNCCCC.C[Si](C)(C)[N-][Si](C)(C)C.Cc1cc(C)cc(Br)c1.[K+]. The Labute approximate surface area is 336 Å². The average molecular weight is 747 g/mol. The maximum atomic E-state index is 4.82. The first-order chi connectivity index (χ1) is 20.5. The normalized spacial score (nSPS) is 10.7. The second kappa shape index (κ2) is 29.6. The molecule has 0 bridgehead atoms. The van der Waals surface area contributed by atoms with Crippen molar-refractivity contribution in [1.29, 1.82) is 0 Å². The molecule has 0 saturated carbocycles. The number of rotatable bonds is 15. The Kier molecular flexibility index (Phi) is 33.0. The quantitative estimate of drug-likeness (QED) is 0.145. The molecule has 0 aromatic heterocycles. The Morgan fingerprint density at radius 3 is 1.18 bits per heavy atom. The van der Waals surface area contributed by atoms with Gasteiger partial charge in [0.05, 0.1) is 0 Å². The molecule has 0 aliphatic rings. The van der Waals surface area contributed by atoms with E-state index in [1.54, 1.807) is 0 Å². The monoisotopic (exact) mass is 745 g/mol. The third kappa shape index (κ3) is 34.4. The second-order valence-corrected chi connectivity index (χ2v) is 24.7. The molecule has 0 atom stereocenters. The number of nitrogens with one attached hydrogen (secondary N) is 1. The van der Waals surface area contributed by atoms with Crippen LogP contribution in [0.3, 0.4) is 0 Å². The van der Waals surface area contributed by atoms with Crippen LogP contribution >= 0.6 is 15.9 Å². The molecule has 0 radical (unpaired) electrons. The van der Waals surface area contributed by atoms with Crippen LogP contribution in [0.2, 0.25) is 39.3 Å². The Hall–Kier alpha value is 0.710. The summed E-state index contributed by atoms with van der Waals surface area (Å²) in [5, 5.41) is 3.39. The van der Waals surface area contributed by atoms with Crippen LogP contribution in [0.5, 0.6) is 0 Å². The van der Waals surface area contributed by atoms with Gasteiger partial charge in [-0.05, 0) is 113 Å². The first-order valence-electron chi connectivity index (χ1n) is 17.5. The number of benzene rings is 2. The van der Waals surface area contributed by atoms with E-state index in [1.807, 2.05) is 0 Å². The summed E-state index contributed by atoms with van der Waals surface area (Å²) in [6.45, 7) is 36.1. The summed E-state index contributed by atoms with van der Waals surface area (Å²) in [5.74, 6) is 0. The fourth-order valence-corrected chi connectivity index (χ4v) is 13.6. The molecule has 256 valence electrons. The van der Waals surface area contributed by atoms with Gasteiger partial charge in [-0.25, -0.2) is 0 Å². The number of nitrogens with zero attached hydrogens (tertiary/aromatic N) is 2. The number of anilines is 1. The zero-order chi connectivity index (χ0) is 34.2. The molecule has 0 aliphatic carbocycles. The number of hydrogen-bond acceptors (Lipinski definition) is 2. The topological polar surface area (TPSA) is 29.4 Å². The van der Waals surface area contributed by atoms with Gasteiger partial charge >= 0.3 is 51.4 Å². The standard InChI is InChI=1S/C16H27N.C8H9Br.C8H19N.C6H18NSi2.K/c1-5-7-9-17(10-8-6-2)16-12-14(3)11-15(4)13-16;1-6-3-7(2)5-8(9)4-6;1-3-5-7-9-8-6-4-2;1-8(2,3)7-9(4,5)6;/h11-13H,5-10H2,1-4H3;3-5H,1-2H3;9H,3-8H2,1-2H3;1-6H3;/q;;;-1;+1. The summed E-state index contributed by atoms with van der Waals surface area (Å²) in [5.41, 5.74) is 6.77. The Morgan fingerprint density at radius 2 is 0.911 bits per heavy atom. The van der Waals surface area contributed by atoms with Crippen LogP contribution in [0.4, 0.5) is 5.69 Å². The van der Waals surface area contributed by atoms with Gasteiger partial charge in [0.15, 0.2) is 0 Å². The van der Waals surface area contributed by atoms with Crippen molar-refractivity contribution in [3.05, 3.63) is 67.8 Å². The minimum atomic E-state index is -1.11. The molecule has 2 aromatic carbocycles. The molecule has 7 heteroatoms. The molecule has 2 aromatic rings. The fourth-order valence-electron chi connectivity index (χ4n) is 4.86. The number of aryl methyl sites for hydroxylation is 4. The smallest absolute Gasteiger partial charge is 0.668 e. The largest absolute Gasteiger partial charge is 1.00 e. The van der Waals surface area contributed by atoms with Gasteiger partial charge in [0.25, 0.3) is 0 Å².